The quantitative estimate of drug-likeness (QED) is 0.251. The van der Waals surface area contributed by atoms with Crippen molar-refractivity contribution < 1.29 is 0 Å². The first kappa shape index (κ1) is 22.1. The fourth-order valence-corrected chi connectivity index (χ4v) is 8.71. The highest BCUT2D eigenvalue weighted by atomic mass is 28.2. The van der Waals surface area contributed by atoms with Gasteiger partial charge in [-0.25, -0.2) is 0 Å². The van der Waals surface area contributed by atoms with Crippen molar-refractivity contribution in [3.63, 3.8) is 0 Å². The molecule has 2 atom stereocenters. The number of hydrogen-bond donors (Lipinski definition) is 0. The first-order chi connectivity index (χ1) is 17.2. The molecule has 0 aromatic heterocycles. The first-order valence-corrected chi connectivity index (χ1v) is 14.0. The van der Waals surface area contributed by atoms with Gasteiger partial charge in [-0.3, -0.25) is 0 Å². The smallest absolute Gasteiger partial charge is 0.0410 e. The van der Waals surface area contributed by atoms with E-state index in [9.17, 15) is 0 Å². The van der Waals surface area contributed by atoms with Gasteiger partial charge in [-0.2, -0.15) is 0 Å². The molecule has 0 heterocycles. The lowest BCUT2D eigenvalue weighted by molar-refractivity contribution is 0.659. The molecule has 0 saturated heterocycles. The van der Waals surface area contributed by atoms with E-state index in [2.05, 4.69) is 135 Å². The van der Waals surface area contributed by atoms with Crippen molar-refractivity contribution in [3.05, 3.63) is 154 Å². The van der Waals surface area contributed by atoms with Gasteiger partial charge in [-0.1, -0.05) is 132 Å². The lowest BCUT2D eigenvalue weighted by atomic mass is 9.73. The zero-order chi connectivity index (χ0) is 23.9. The van der Waals surface area contributed by atoms with Crippen LogP contribution in [0.4, 0.5) is 0 Å². The number of benzene rings is 4. The Hall–Kier alpha value is -3.42. The third-order valence-electron chi connectivity index (χ3n) is 8.25. The second-order valence-corrected chi connectivity index (χ2v) is 11.2. The Labute approximate surface area is 211 Å². The third-order valence-corrected chi connectivity index (χ3v) is 9.81. The summed E-state index contributed by atoms with van der Waals surface area (Å²) in [6.07, 6.45) is 4.83. The van der Waals surface area contributed by atoms with E-state index in [4.69, 9.17) is 0 Å². The number of allylic oxidation sites excluding steroid dienone is 2. The molecule has 170 valence electrons. The molecule has 0 fully saturated rings. The normalized spacial score (nSPS) is 22.3. The van der Waals surface area contributed by atoms with Crippen LogP contribution in [0.3, 0.4) is 0 Å². The Balaban J connectivity index is 1.42. The predicted octanol–water partition coefficient (Wildman–Crippen LogP) is 8.33. The van der Waals surface area contributed by atoms with E-state index in [0.717, 1.165) is 21.6 Å². The van der Waals surface area contributed by atoms with E-state index in [-0.39, 0.29) is 10.8 Å². The van der Waals surface area contributed by atoms with E-state index >= 15 is 0 Å². The van der Waals surface area contributed by atoms with Crippen LogP contribution < -0.4 is 0 Å². The van der Waals surface area contributed by atoms with Crippen molar-refractivity contribution in [1.82, 2.24) is 0 Å². The Morgan fingerprint density at radius 3 is 1.29 bits per heavy atom. The molecular formula is C34H30Si. The summed E-state index contributed by atoms with van der Waals surface area (Å²) in [6.45, 7) is 4.67. The maximum atomic E-state index is 2.41. The lowest BCUT2D eigenvalue weighted by Gasteiger charge is -2.37. The van der Waals surface area contributed by atoms with Gasteiger partial charge in [0, 0.05) is 20.3 Å². The predicted molar refractivity (Wildman–Crippen MR) is 150 cm³/mol. The molecule has 35 heavy (non-hydrogen) atoms. The van der Waals surface area contributed by atoms with Crippen molar-refractivity contribution in [1.29, 1.82) is 0 Å². The largest absolute Gasteiger partial charge is 0.0622 e. The fraction of sp³-hybridized carbons (Fsp3) is 0.176. The molecule has 0 N–H and O–H groups in total. The van der Waals surface area contributed by atoms with E-state index in [1.807, 2.05) is 0 Å². The molecule has 1 heteroatoms. The van der Waals surface area contributed by atoms with Crippen LogP contribution in [0.1, 0.15) is 47.2 Å². The Bertz CT molecular complexity index is 1320. The van der Waals surface area contributed by atoms with E-state index in [0.29, 0.717) is 0 Å². The van der Waals surface area contributed by atoms with Gasteiger partial charge in [-0.15, -0.1) is 0 Å². The van der Waals surface area contributed by atoms with E-state index in [1.54, 1.807) is 0 Å². The van der Waals surface area contributed by atoms with Crippen molar-refractivity contribution in [2.45, 2.75) is 36.8 Å². The summed E-state index contributed by atoms with van der Waals surface area (Å²) < 4.78 is 0. The molecule has 2 aliphatic carbocycles. The highest BCUT2D eigenvalue weighted by Gasteiger charge is 2.44. The minimum atomic E-state index is -0.0517. The van der Waals surface area contributed by atoms with Gasteiger partial charge >= 0.3 is 0 Å². The molecule has 0 saturated carbocycles. The van der Waals surface area contributed by atoms with Gasteiger partial charge in [0.15, 0.2) is 0 Å². The zero-order valence-corrected chi connectivity index (χ0v) is 21.5. The molecule has 2 radical (unpaired) electrons. The van der Waals surface area contributed by atoms with Crippen LogP contribution in [0.2, 0.25) is 12.1 Å². The van der Waals surface area contributed by atoms with Gasteiger partial charge in [0.05, 0.1) is 0 Å². The molecule has 0 nitrogen and oxygen atoms in total. The Morgan fingerprint density at radius 2 is 0.857 bits per heavy atom. The maximum Gasteiger partial charge on any atom is 0.0410 e. The maximum absolute atomic E-state index is 2.41. The van der Waals surface area contributed by atoms with Crippen LogP contribution in [-0.4, -0.2) is 9.52 Å². The second-order valence-electron chi connectivity index (χ2n) is 9.98. The lowest BCUT2D eigenvalue weighted by Crippen LogP contribution is -2.33. The summed E-state index contributed by atoms with van der Waals surface area (Å²) in [6, 6.07) is 42.6. The second kappa shape index (κ2) is 8.66. The van der Waals surface area contributed by atoms with Gasteiger partial charge in [0.25, 0.3) is 0 Å². The molecule has 4 aromatic rings. The van der Waals surface area contributed by atoms with Gasteiger partial charge < -0.3 is 0 Å². The van der Waals surface area contributed by atoms with Crippen molar-refractivity contribution in [3.8, 4) is 0 Å². The standard InChI is InChI=1S/C34H30Si/c1-25-21-27-13-9-11-19-31(27)33(25,29-15-5-3-6-16-29)23-35-24-34(30-17-7-4-8-18-30)26(2)22-28-14-10-12-20-32(28)34/h3-22H,23-24H2,1-2H3. The van der Waals surface area contributed by atoms with Crippen molar-refractivity contribution in [2.75, 3.05) is 0 Å². The molecule has 2 unspecified atom stereocenters. The highest BCUT2D eigenvalue weighted by Crippen LogP contribution is 2.52. The third kappa shape index (κ3) is 3.33. The number of rotatable bonds is 6. The topological polar surface area (TPSA) is 0 Å². The summed E-state index contributed by atoms with van der Waals surface area (Å²) in [5, 5.41) is 0. The van der Waals surface area contributed by atoms with Crippen molar-refractivity contribution >= 4 is 21.7 Å². The summed E-state index contributed by atoms with van der Waals surface area (Å²) in [7, 11) is 0.808. The summed E-state index contributed by atoms with van der Waals surface area (Å²) in [4.78, 5) is 0. The van der Waals surface area contributed by atoms with Crippen LogP contribution >= 0.6 is 0 Å². The molecular weight excluding hydrogens is 436 g/mol. The highest BCUT2D eigenvalue weighted by molar-refractivity contribution is 6.37. The van der Waals surface area contributed by atoms with Crippen molar-refractivity contribution in [2.24, 2.45) is 0 Å². The van der Waals surface area contributed by atoms with Gasteiger partial charge in [0.2, 0.25) is 0 Å². The van der Waals surface area contributed by atoms with Crippen LogP contribution in [-0.2, 0) is 10.8 Å². The molecule has 2 aliphatic rings. The summed E-state index contributed by atoms with van der Waals surface area (Å²) >= 11 is 0. The molecule has 0 aliphatic heterocycles. The minimum absolute atomic E-state index is 0.0517. The number of fused-ring (bicyclic) bond motifs is 2. The molecule has 6 rings (SSSR count). The van der Waals surface area contributed by atoms with Crippen LogP contribution in [0.25, 0.3) is 12.2 Å². The van der Waals surface area contributed by atoms with Gasteiger partial charge in [-0.05, 0) is 59.3 Å². The van der Waals surface area contributed by atoms with Gasteiger partial charge in [0.1, 0.15) is 0 Å². The van der Waals surface area contributed by atoms with E-state index < -0.39 is 0 Å². The summed E-state index contributed by atoms with van der Waals surface area (Å²) in [5.41, 5.74) is 11.3. The minimum Gasteiger partial charge on any atom is -0.0622 e. The van der Waals surface area contributed by atoms with Crippen LogP contribution in [0, 0.1) is 0 Å². The molecule has 0 amide bonds. The fourth-order valence-electron chi connectivity index (χ4n) is 6.48. The average molecular weight is 467 g/mol. The first-order valence-electron chi connectivity index (χ1n) is 12.5. The SMILES string of the molecule is CC1=Cc2ccccc2C1(C[Si]CC1(c2ccccc2)C(C)=Cc2ccccc21)c1ccccc1. The Kier molecular flexibility index (Phi) is 5.46. The number of hydrogen-bond acceptors (Lipinski definition) is 0. The summed E-state index contributed by atoms with van der Waals surface area (Å²) in [5.74, 6) is 0. The van der Waals surface area contributed by atoms with E-state index in [1.165, 1.54) is 44.5 Å². The molecule has 0 bridgehead atoms. The van der Waals surface area contributed by atoms with Crippen LogP contribution in [0.5, 0.6) is 0 Å². The Morgan fingerprint density at radius 1 is 0.486 bits per heavy atom. The molecule has 4 aromatic carbocycles. The molecule has 0 spiro atoms. The average Bonchev–Trinajstić information content (AvgIpc) is 3.36. The van der Waals surface area contributed by atoms with Crippen LogP contribution in [0.15, 0.2) is 120 Å². The zero-order valence-electron chi connectivity index (χ0n) is 20.5. The monoisotopic (exact) mass is 466 g/mol.